The van der Waals surface area contributed by atoms with Crippen molar-refractivity contribution < 1.29 is 0 Å². The smallest absolute Gasteiger partial charge is 0.0460 e. The molecule has 3 heteroatoms. The van der Waals surface area contributed by atoms with E-state index in [9.17, 15) is 0 Å². The Morgan fingerprint density at radius 1 is 1.06 bits per heavy atom. The molecule has 96 valence electrons. The van der Waals surface area contributed by atoms with Crippen LogP contribution in [0.3, 0.4) is 0 Å². The maximum atomic E-state index is 9.03. The molecule has 0 atom stereocenters. The number of hydrogen-bond acceptors (Lipinski definition) is 2. The molecule has 0 aliphatic carbocycles. The molecule has 17 heavy (non-hydrogen) atoms. The van der Waals surface area contributed by atoms with Crippen molar-refractivity contribution in [2.75, 3.05) is 0 Å². The van der Waals surface area contributed by atoms with Gasteiger partial charge in [0.05, 0.1) is 0 Å². The molecule has 0 unspecified atom stereocenters. The average molecular weight is 252 g/mol. The molecular formula is C14H25N2P. The molecule has 1 N–H and O–H groups in total. The van der Waals surface area contributed by atoms with Gasteiger partial charge >= 0.3 is 0 Å². The number of rotatable bonds is 2. The van der Waals surface area contributed by atoms with Crippen molar-refractivity contribution in [2.24, 2.45) is 0 Å². The van der Waals surface area contributed by atoms with Crippen molar-refractivity contribution in [1.29, 1.82) is 5.16 Å². The Balaban J connectivity index is 3.16. The van der Waals surface area contributed by atoms with Gasteiger partial charge in [-0.2, -0.15) is 0 Å². The second-order valence-corrected chi connectivity index (χ2v) is 11.2. The Kier molecular flexibility index (Phi) is 3.88. The van der Waals surface area contributed by atoms with Crippen LogP contribution in [0.4, 0.5) is 0 Å². The number of nitrogens with one attached hydrogen (secondary N) is 1. The third-order valence-corrected chi connectivity index (χ3v) is 8.79. The van der Waals surface area contributed by atoms with Gasteiger partial charge in [-0.05, 0) is 29.5 Å². The first-order valence-corrected chi connectivity index (χ1v) is 8.09. The second-order valence-electron chi connectivity index (χ2n) is 6.63. The number of nitrogens with zero attached hydrogens (tertiary/aromatic N) is 1. The molecule has 0 aliphatic rings. The molecule has 1 aromatic heterocycles. The second kappa shape index (κ2) is 4.57. The standard InChI is InChI=1S/C14H25N2P/c1-13(2,3)17(15,14(4,5)6)11-12-9-7-8-10-16-12/h7-10,15H,11H2,1-6H3. The van der Waals surface area contributed by atoms with Crippen LogP contribution >= 0.6 is 7.05 Å². The molecule has 0 spiro atoms. The summed E-state index contributed by atoms with van der Waals surface area (Å²) < 4.78 is 0. The van der Waals surface area contributed by atoms with Gasteiger partial charge in [-0.15, -0.1) is 0 Å². The number of hydrogen-bond donors (Lipinski definition) is 1. The first-order chi connectivity index (χ1) is 7.58. The lowest BCUT2D eigenvalue weighted by atomic mass is 10.2. The van der Waals surface area contributed by atoms with E-state index in [0.29, 0.717) is 0 Å². The van der Waals surface area contributed by atoms with E-state index in [4.69, 9.17) is 5.16 Å². The van der Waals surface area contributed by atoms with E-state index < -0.39 is 7.05 Å². The van der Waals surface area contributed by atoms with Gasteiger partial charge in [-0.1, -0.05) is 47.6 Å². The SMILES string of the molecule is CC(C)(C)P(=N)(Cc1ccccn1)C(C)(C)C. The van der Waals surface area contributed by atoms with Crippen LogP contribution in [-0.4, -0.2) is 15.3 Å². The zero-order valence-electron chi connectivity index (χ0n) is 11.9. The highest BCUT2D eigenvalue weighted by molar-refractivity contribution is 7.67. The van der Waals surface area contributed by atoms with Gasteiger partial charge in [0.1, 0.15) is 0 Å². The predicted molar refractivity (Wildman–Crippen MR) is 77.1 cm³/mol. The van der Waals surface area contributed by atoms with Crippen molar-refractivity contribution in [3.05, 3.63) is 30.1 Å². The Morgan fingerprint density at radius 2 is 1.59 bits per heavy atom. The summed E-state index contributed by atoms with van der Waals surface area (Å²) in [6.45, 7) is 13.2. The van der Waals surface area contributed by atoms with E-state index in [2.05, 4.69) is 46.5 Å². The quantitative estimate of drug-likeness (QED) is 0.742. The maximum absolute atomic E-state index is 9.03. The molecule has 0 amide bonds. The Labute approximate surface area is 106 Å². The molecule has 0 fully saturated rings. The molecule has 1 heterocycles. The lowest BCUT2D eigenvalue weighted by Gasteiger charge is -2.45. The third kappa shape index (κ3) is 2.98. The van der Waals surface area contributed by atoms with Crippen LogP contribution in [0.15, 0.2) is 24.4 Å². The number of pyridine rings is 1. The highest BCUT2D eigenvalue weighted by Crippen LogP contribution is 2.69. The summed E-state index contributed by atoms with van der Waals surface area (Å²) >= 11 is 0. The minimum atomic E-state index is -1.87. The van der Waals surface area contributed by atoms with Crippen molar-refractivity contribution in [3.8, 4) is 0 Å². The highest BCUT2D eigenvalue weighted by Gasteiger charge is 2.41. The van der Waals surface area contributed by atoms with Crippen LogP contribution < -0.4 is 0 Å². The third-order valence-electron chi connectivity index (χ3n) is 3.42. The highest BCUT2D eigenvalue weighted by atomic mass is 31.2. The lowest BCUT2D eigenvalue weighted by Crippen LogP contribution is -2.29. The van der Waals surface area contributed by atoms with E-state index in [-0.39, 0.29) is 10.3 Å². The summed E-state index contributed by atoms with van der Waals surface area (Å²) in [4.78, 5) is 4.40. The normalized spacial score (nSPS) is 13.8. The summed E-state index contributed by atoms with van der Waals surface area (Å²) in [5.74, 6) is 0. The largest absolute Gasteiger partial charge is 0.317 e. The molecule has 0 aromatic carbocycles. The van der Waals surface area contributed by atoms with Gasteiger partial charge in [0.25, 0.3) is 0 Å². The van der Waals surface area contributed by atoms with Crippen LogP contribution in [-0.2, 0) is 6.16 Å². The summed E-state index contributed by atoms with van der Waals surface area (Å²) in [6.07, 6.45) is 2.63. The summed E-state index contributed by atoms with van der Waals surface area (Å²) in [5.41, 5.74) is 1.06. The van der Waals surface area contributed by atoms with Crippen molar-refractivity contribution >= 4 is 7.05 Å². The molecule has 0 radical (unpaired) electrons. The Morgan fingerprint density at radius 3 is 1.94 bits per heavy atom. The van der Waals surface area contributed by atoms with E-state index in [0.717, 1.165) is 11.9 Å². The van der Waals surface area contributed by atoms with Crippen LogP contribution in [0.5, 0.6) is 0 Å². The van der Waals surface area contributed by atoms with Gasteiger partial charge < -0.3 is 5.16 Å². The fourth-order valence-corrected chi connectivity index (χ4v) is 5.85. The van der Waals surface area contributed by atoms with Gasteiger partial charge in [0.15, 0.2) is 0 Å². The van der Waals surface area contributed by atoms with Crippen LogP contribution in [0.1, 0.15) is 47.2 Å². The molecule has 1 rings (SSSR count). The zero-order chi connectivity index (χ0) is 13.3. The van der Waals surface area contributed by atoms with Crippen molar-refractivity contribution in [2.45, 2.75) is 58.0 Å². The monoisotopic (exact) mass is 252 g/mol. The Bertz CT molecular complexity index is 392. The van der Waals surface area contributed by atoms with E-state index in [1.165, 1.54) is 0 Å². The van der Waals surface area contributed by atoms with Gasteiger partial charge in [-0.3, -0.25) is 4.98 Å². The zero-order valence-corrected chi connectivity index (χ0v) is 12.8. The molecule has 0 bridgehead atoms. The summed E-state index contributed by atoms with van der Waals surface area (Å²) in [7, 11) is -1.87. The minimum absolute atomic E-state index is 0.0305. The summed E-state index contributed by atoms with van der Waals surface area (Å²) in [5, 5.41) is 9.09. The van der Waals surface area contributed by atoms with E-state index >= 15 is 0 Å². The molecule has 0 saturated carbocycles. The molecule has 2 nitrogen and oxygen atoms in total. The van der Waals surface area contributed by atoms with Crippen LogP contribution in [0.2, 0.25) is 0 Å². The minimum Gasteiger partial charge on any atom is -0.317 e. The van der Waals surface area contributed by atoms with E-state index in [1.807, 2.05) is 24.4 Å². The van der Waals surface area contributed by atoms with Gasteiger partial charge in [0, 0.05) is 18.1 Å². The predicted octanol–water partition coefficient (Wildman–Crippen LogP) is 4.96. The Hall–Kier alpha value is -0.620. The molecular weight excluding hydrogens is 227 g/mol. The topological polar surface area (TPSA) is 36.7 Å². The molecule has 1 aromatic rings. The lowest BCUT2D eigenvalue weighted by molar-refractivity contribution is 0.684. The number of aromatic nitrogens is 1. The maximum Gasteiger partial charge on any atom is 0.0460 e. The first-order valence-electron chi connectivity index (χ1n) is 6.11. The van der Waals surface area contributed by atoms with Crippen LogP contribution in [0, 0.1) is 5.16 Å². The van der Waals surface area contributed by atoms with Gasteiger partial charge in [-0.25, -0.2) is 0 Å². The summed E-state index contributed by atoms with van der Waals surface area (Å²) in [6, 6.07) is 5.99. The average Bonchev–Trinajstić information content (AvgIpc) is 2.15. The van der Waals surface area contributed by atoms with Crippen LogP contribution in [0.25, 0.3) is 0 Å². The van der Waals surface area contributed by atoms with E-state index in [1.54, 1.807) is 0 Å². The fraction of sp³-hybridized carbons (Fsp3) is 0.643. The van der Waals surface area contributed by atoms with Gasteiger partial charge in [0.2, 0.25) is 0 Å². The first kappa shape index (κ1) is 14.4. The fourth-order valence-electron chi connectivity index (χ4n) is 2.22. The molecule has 0 aliphatic heterocycles. The molecule has 0 saturated heterocycles. The van der Waals surface area contributed by atoms with Crippen molar-refractivity contribution in [1.82, 2.24) is 4.98 Å². The van der Waals surface area contributed by atoms with Crippen molar-refractivity contribution in [3.63, 3.8) is 0 Å².